The zero-order valence-electron chi connectivity index (χ0n) is 10.0. The molecule has 0 saturated carbocycles. The lowest BCUT2D eigenvalue weighted by Gasteiger charge is -2.13. The summed E-state index contributed by atoms with van der Waals surface area (Å²) in [5.74, 6) is -0.0329. The Morgan fingerprint density at radius 2 is 2.22 bits per heavy atom. The molecule has 0 radical (unpaired) electrons. The van der Waals surface area contributed by atoms with Crippen LogP contribution < -0.4 is 4.74 Å². The predicted octanol–water partition coefficient (Wildman–Crippen LogP) is 2.85. The second-order valence-corrected chi connectivity index (χ2v) is 4.01. The summed E-state index contributed by atoms with van der Waals surface area (Å²) < 4.78 is 18.7. The molecule has 0 amide bonds. The van der Waals surface area contributed by atoms with E-state index in [4.69, 9.17) is 4.74 Å². The van der Waals surface area contributed by atoms with Crippen LogP contribution in [0.15, 0.2) is 42.7 Å². The lowest BCUT2D eigenvalue weighted by Crippen LogP contribution is -2.01. The van der Waals surface area contributed by atoms with E-state index < -0.39 is 6.10 Å². The fraction of sp³-hybridized carbons (Fsp3) is 0.214. The second kappa shape index (κ2) is 5.60. The molecule has 0 aliphatic rings. The Morgan fingerprint density at radius 1 is 1.39 bits per heavy atom. The summed E-state index contributed by atoms with van der Waals surface area (Å²) >= 11 is 0. The molecule has 0 saturated heterocycles. The minimum atomic E-state index is -0.700. The van der Waals surface area contributed by atoms with Crippen molar-refractivity contribution < 1.29 is 14.2 Å². The Kier molecular flexibility index (Phi) is 3.89. The number of aliphatic hydroxyl groups excluding tert-OH is 1. The molecule has 1 N–H and O–H groups in total. The SMILES string of the molecule is C[C@H](O)c1ccc(F)cc1OCc1cccnc1. The molecule has 0 aliphatic carbocycles. The van der Waals surface area contributed by atoms with E-state index in [1.54, 1.807) is 25.4 Å². The Bertz CT molecular complexity index is 514. The summed E-state index contributed by atoms with van der Waals surface area (Å²) in [6.07, 6.45) is 2.66. The van der Waals surface area contributed by atoms with Gasteiger partial charge in [0.1, 0.15) is 18.2 Å². The van der Waals surface area contributed by atoms with Gasteiger partial charge in [-0.1, -0.05) is 6.07 Å². The lowest BCUT2D eigenvalue weighted by molar-refractivity contribution is 0.190. The molecule has 1 heterocycles. The largest absolute Gasteiger partial charge is 0.488 e. The van der Waals surface area contributed by atoms with Crippen molar-refractivity contribution in [2.24, 2.45) is 0 Å². The summed E-state index contributed by atoms with van der Waals surface area (Å²) in [6.45, 7) is 1.90. The first-order chi connectivity index (χ1) is 8.66. The highest BCUT2D eigenvalue weighted by Crippen LogP contribution is 2.26. The summed E-state index contributed by atoms with van der Waals surface area (Å²) in [4.78, 5) is 3.97. The number of hydrogen-bond acceptors (Lipinski definition) is 3. The lowest BCUT2D eigenvalue weighted by atomic mass is 10.1. The van der Waals surface area contributed by atoms with Gasteiger partial charge < -0.3 is 9.84 Å². The first kappa shape index (κ1) is 12.5. The van der Waals surface area contributed by atoms with E-state index >= 15 is 0 Å². The van der Waals surface area contributed by atoms with E-state index in [-0.39, 0.29) is 12.4 Å². The van der Waals surface area contributed by atoms with Crippen molar-refractivity contribution in [1.29, 1.82) is 0 Å². The molecule has 94 valence electrons. The van der Waals surface area contributed by atoms with Crippen molar-refractivity contribution >= 4 is 0 Å². The number of nitrogens with zero attached hydrogens (tertiary/aromatic N) is 1. The number of hydrogen-bond donors (Lipinski definition) is 1. The average Bonchev–Trinajstić information content (AvgIpc) is 2.37. The van der Waals surface area contributed by atoms with Gasteiger partial charge in [-0.05, 0) is 25.1 Å². The van der Waals surface area contributed by atoms with Crippen LogP contribution in [0.25, 0.3) is 0 Å². The van der Waals surface area contributed by atoms with Crippen molar-refractivity contribution in [3.63, 3.8) is 0 Å². The summed E-state index contributed by atoms with van der Waals surface area (Å²) in [7, 11) is 0. The molecule has 4 heteroatoms. The maximum absolute atomic E-state index is 13.2. The van der Waals surface area contributed by atoms with Crippen LogP contribution in [0.3, 0.4) is 0 Å². The third-order valence-electron chi connectivity index (χ3n) is 2.54. The highest BCUT2D eigenvalue weighted by Gasteiger charge is 2.10. The number of pyridine rings is 1. The van der Waals surface area contributed by atoms with Crippen LogP contribution in [0.5, 0.6) is 5.75 Å². The monoisotopic (exact) mass is 247 g/mol. The van der Waals surface area contributed by atoms with Crippen LogP contribution in [-0.2, 0) is 6.61 Å². The van der Waals surface area contributed by atoms with Gasteiger partial charge in [0.2, 0.25) is 0 Å². The van der Waals surface area contributed by atoms with Gasteiger partial charge in [0.15, 0.2) is 0 Å². The summed E-state index contributed by atoms with van der Waals surface area (Å²) in [6, 6.07) is 7.78. The molecule has 1 aromatic heterocycles. The van der Waals surface area contributed by atoms with E-state index in [2.05, 4.69) is 4.98 Å². The molecule has 0 fully saturated rings. The van der Waals surface area contributed by atoms with Crippen LogP contribution in [0.4, 0.5) is 4.39 Å². The third kappa shape index (κ3) is 3.05. The van der Waals surface area contributed by atoms with Crippen molar-refractivity contribution in [3.8, 4) is 5.75 Å². The van der Waals surface area contributed by atoms with Crippen LogP contribution in [0.1, 0.15) is 24.2 Å². The number of halogens is 1. The zero-order valence-corrected chi connectivity index (χ0v) is 10.0. The molecule has 3 nitrogen and oxygen atoms in total. The van der Waals surface area contributed by atoms with Crippen molar-refractivity contribution in [2.75, 3.05) is 0 Å². The van der Waals surface area contributed by atoms with Crippen LogP contribution in [-0.4, -0.2) is 10.1 Å². The number of aliphatic hydroxyl groups is 1. The van der Waals surface area contributed by atoms with E-state index in [1.807, 2.05) is 6.07 Å². The third-order valence-corrected chi connectivity index (χ3v) is 2.54. The fourth-order valence-electron chi connectivity index (χ4n) is 1.62. The molecular formula is C14H14FNO2. The quantitative estimate of drug-likeness (QED) is 0.903. The van der Waals surface area contributed by atoms with Gasteiger partial charge in [-0.2, -0.15) is 0 Å². The summed E-state index contributed by atoms with van der Waals surface area (Å²) in [5, 5.41) is 9.58. The topological polar surface area (TPSA) is 42.4 Å². The van der Waals surface area contributed by atoms with Crippen molar-refractivity contribution in [2.45, 2.75) is 19.6 Å². The maximum Gasteiger partial charge on any atom is 0.128 e. The number of aromatic nitrogens is 1. The van der Waals surface area contributed by atoms with E-state index in [1.165, 1.54) is 18.2 Å². The van der Waals surface area contributed by atoms with Gasteiger partial charge in [-0.25, -0.2) is 4.39 Å². The van der Waals surface area contributed by atoms with Gasteiger partial charge >= 0.3 is 0 Å². The number of ether oxygens (including phenoxy) is 1. The standard InChI is InChI=1S/C14H14FNO2/c1-10(17)13-5-4-12(15)7-14(13)18-9-11-3-2-6-16-8-11/h2-8,10,17H,9H2,1H3/t10-/m0/s1. The minimum Gasteiger partial charge on any atom is -0.488 e. The molecule has 1 atom stereocenters. The van der Waals surface area contributed by atoms with Crippen LogP contribution in [0.2, 0.25) is 0 Å². The fourth-order valence-corrected chi connectivity index (χ4v) is 1.62. The zero-order chi connectivity index (χ0) is 13.0. The Morgan fingerprint density at radius 3 is 2.89 bits per heavy atom. The van der Waals surface area contributed by atoms with Gasteiger partial charge in [0.05, 0.1) is 6.10 Å². The Labute approximate surface area is 105 Å². The molecule has 0 unspecified atom stereocenters. The summed E-state index contributed by atoms with van der Waals surface area (Å²) in [5.41, 5.74) is 1.46. The van der Waals surface area contributed by atoms with E-state index in [0.29, 0.717) is 11.3 Å². The number of benzene rings is 1. The molecule has 18 heavy (non-hydrogen) atoms. The maximum atomic E-state index is 13.2. The molecular weight excluding hydrogens is 233 g/mol. The average molecular weight is 247 g/mol. The molecule has 1 aromatic carbocycles. The molecule has 0 bridgehead atoms. The van der Waals surface area contributed by atoms with Gasteiger partial charge in [0, 0.05) is 29.6 Å². The van der Waals surface area contributed by atoms with Gasteiger partial charge in [0.25, 0.3) is 0 Å². The Balaban J connectivity index is 2.15. The number of rotatable bonds is 4. The first-order valence-electron chi connectivity index (χ1n) is 5.66. The highest BCUT2D eigenvalue weighted by atomic mass is 19.1. The molecule has 0 spiro atoms. The Hall–Kier alpha value is -1.94. The van der Waals surface area contributed by atoms with Crippen LogP contribution >= 0.6 is 0 Å². The molecule has 2 aromatic rings. The van der Waals surface area contributed by atoms with Crippen molar-refractivity contribution in [3.05, 3.63) is 59.7 Å². The van der Waals surface area contributed by atoms with Crippen molar-refractivity contribution in [1.82, 2.24) is 4.98 Å². The predicted molar refractivity (Wildman–Crippen MR) is 65.6 cm³/mol. The van der Waals surface area contributed by atoms with E-state index in [0.717, 1.165) is 5.56 Å². The van der Waals surface area contributed by atoms with Gasteiger partial charge in [-0.3, -0.25) is 4.98 Å². The minimum absolute atomic E-state index is 0.289. The smallest absolute Gasteiger partial charge is 0.128 e. The molecule has 0 aliphatic heterocycles. The van der Waals surface area contributed by atoms with Crippen LogP contribution in [0, 0.1) is 5.82 Å². The second-order valence-electron chi connectivity index (χ2n) is 4.01. The van der Waals surface area contributed by atoms with E-state index in [9.17, 15) is 9.50 Å². The molecule has 2 rings (SSSR count). The van der Waals surface area contributed by atoms with Gasteiger partial charge in [-0.15, -0.1) is 0 Å². The highest BCUT2D eigenvalue weighted by molar-refractivity contribution is 5.35. The normalized spacial score (nSPS) is 12.2. The first-order valence-corrected chi connectivity index (χ1v) is 5.66.